The summed E-state index contributed by atoms with van der Waals surface area (Å²) >= 11 is 0. The third kappa shape index (κ3) is 5.90. The fourth-order valence-corrected chi connectivity index (χ4v) is 4.62. The van der Waals surface area contributed by atoms with Crippen molar-refractivity contribution >= 4 is 22.8 Å². The zero-order chi connectivity index (χ0) is 25.8. The number of esters is 1. The van der Waals surface area contributed by atoms with Crippen LogP contribution in [0.1, 0.15) is 44.7 Å². The summed E-state index contributed by atoms with van der Waals surface area (Å²) in [6, 6.07) is 12.0. The highest BCUT2D eigenvalue weighted by Gasteiger charge is 2.22. The molecule has 8 nitrogen and oxygen atoms in total. The fourth-order valence-electron chi connectivity index (χ4n) is 4.62. The predicted molar refractivity (Wildman–Crippen MR) is 143 cm³/mol. The van der Waals surface area contributed by atoms with Crippen molar-refractivity contribution in [1.82, 2.24) is 19.5 Å². The van der Waals surface area contributed by atoms with Gasteiger partial charge in [0.05, 0.1) is 24.2 Å². The van der Waals surface area contributed by atoms with E-state index in [1.807, 2.05) is 73.4 Å². The molecule has 0 bridgehead atoms. The number of ether oxygens (including phenoxy) is 2. The number of rotatable bonds is 8. The molecule has 192 valence electrons. The molecule has 4 heterocycles. The van der Waals surface area contributed by atoms with E-state index in [9.17, 15) is 4.79 Å². The van der Waals surface area contributed by atoms with E-state index in [2.05, 4.69) is 26.8 Å². The molecule has 0 saturated carbocycles. The summed E-state index contributed by atoms with van der Waals surface area (Å²) in [7, 11) is 0. The monoisotopic (exact) mass is 499 g/mol. The lowest BCUT2D eigenvalue weighted by Gasteiger charge is -2.32. The van der Waals surface area contributed by atoms with Gasteiger partial charge in [-0.05, 0) is 61.7 Å². The van der Waals surface area contributed by atoms with Gasteiger partial charge in [-0.2, -0.15) is 0 Å². The summed E-state index contributed by atoms with van der Waals surface area (Å²) in [4.78, 5) is 27.9. The number of benzene rings is 1. The molecule has 3 aromatic heterocycles. The number of hydrogen-bond acceptors (Lipinski definition) is 7. The lowest BCUT2D eigenvalue weighted by molar-refractivity contribution is -0.146. The van der Waals surface area contributed by atoms with Crippen molar-refractivity contribution in [3.63, 3.8) is 0 Å². The first-order valence-corrected chi connectivity index (χ1v) is 13.0. The first-order chi connectivity index (χ1) is 18.0. The van der Waals surface area contributed by atoms with Gasteiger partial charge in [0.15, 0.2) is 0 Å². The van der Waals surface area contributed by atoms with Gasteiger partial charge in [0, 0.05) is 49.9 Å². The quantitative estimate of drug-likeness (QED) is 0.318. The van der Waals surface area contributed by atoms with Gasteiger partial charge < -0.3 is 18.9 Å². The minimum absolute atomic E-state index is 0.110. The number of carbonyl (C=O) groups excluding carboxylic acids is 1. The second kappa shape index (κ2) is 11.0. The van der Waals surface area contributed by atoms with E-state index in [4.69, 9.17) is 9.47 Å². The van der Waals surface area contributed by atoms with Crippen LogP contribution in [0, 0.1) is 0 Å². The van der Waals surface area contributed by atoms with E-state index < -0.39 is 0 Å². The molecule has 0 unspecified atom stereocenters. The van der Waals surface area contributed by atoms with Crippen LogP contribution in [-0.4, -0.2) is 50.8 Å². The van der Waals surface area contributed by atoms with Crippen LogP contribution in [0.2, 0.25) is 0 Å². The highest BCUT2D eigenvalue weighted by molar-refractivity contribution is 5.84. The maximum absolute atomic E-state index is 12.0. The number of piperidine rings is 1. The Morgan fingerprint density at radius 3 is 2.46 bits per heavy atom. The Hall–Kier alpha value is -3.94. The van der Waals surface area contributed by atoms with Crippen molar-refractivity contribution in [2.24, 2.45) is 0 Å². The summed E-state index contributed by atoms with van der Waals surface area (Å²) in [5.41, 5.74) is 3.12. The number of aromatic nitrogens is 4. The Bertz CT molecular complexity index is 1340. The maximum atomic E-state index is 12.0. The summed E-state index contributed by atoms with van der Waals surface area (Å²) in [5.74, 6) is 2.17. The molecule has 0 N–H and O–H groups in total. The summed E-state index contributed by atoms with van der Waals surface area (Å²) in [5, 5.41) is 1.05. The van der Waals surface area contributed by atoms with Crippen molar-refractivity contribution in [1.29, 1.82) is 0 Å². The molecule has 8 heteroatoms. The highest BCUT2D eigenvalue weighted by atomic mass is 16.5. The summed E-state index contributed by atoms with van der Waals surface area (Å²) < 4.78 is 13.5. The minimum atomic E-state index is -0.212. The Morgan fingerprint density at radius 2 is 1.78 bits per heavy atom. The van der Waals surface area contributed by atoms with Crippen LogP contribution in [0.4, 0.5) is 5.95 Å². The molecule has 1 aliphatic rings. The predicted octanol–water partition coefficient (Wildman–Crippen LogP) is 4.92. The molecule has 1 aromatic carbocycles. The molecule has 1 saturated heterocycles. The Labute approximate surface area is 217 Å². The second-order valence-electron chi connectivity index (χ2n) is 9.70. The smallest absolute Gasteiger partial charge is 0.310 e. The lowest BCUT2D eigenvalue weighted by atomic mass is 10.1. The van der Waals surface area contributed by atoms with Gasteiger partial charge in [0.2, 0.25) is 5.95 Å². The average Bonchev–Trinajstić information content (AvgIpc) is 3.32. The highest BCUT2D eigenvalue weighted by Crippen LogP contribution is 2.24. The normalized spacial score (nSPS) is 14.3. The van der Waals surface area contributed by atoms with E-state index in [0.717, 1.165) is 71.9 Å². The molecule has 0 atom stereocenters. The van der Waals surface area contributed by atoms with Gasteiger partial charge in [0.25, 0.3) is 0 Å². The molecule has 5 rings (SSSR count). The number of nitrogens with zero attached hydrogens (tertiary/aromatic N) is 5. The zero-order valence-corrected chi connectivity index (χ0v) is 21.6. The lowest BCUT2D eigenvalue weighted by Crippen LogP contribution is -2.39. The largest absolute Gasteiger partial charge is 0.489 e. The van der Waals surface area contributed by atoms with Crippen LogP contribution in [0.25, 0.3) is 16.7 Å². The van der Waals surface area contributed by atoms with Gasteiger partial charge in [-0.25, -0.2) is 15.0 Å². The summed E-state index contributed by atoms with van der Waals surface area (Å²) in [6.45, 7) is 7.56. The van der Waals surface area contributed by atoms with Crippen molar-refractivity contribution in [3.8, 4) is 11.6 Å². The van der Waals surface area contributed by atoms with Crippen LogP contribution < -0.4 is 9.64 Å². The third-order valence-electron chi connectivity index (χ3n) is 6.57. The number of hydrogen-bond donors (Lipinski definition) is 0. The molecule has 4 aromatic rings. The van der Waals surface area contributed by atoms with Crippen molar-refractivity contribution in [2.75, 3.05) is 18.0 Å². The Morgan fingerprint density at radius 1 is 1.00 bits per heavy atom. The van der Waals surface area contributed by atoms with E-state index in [1.165, 1.54) is 0 Å². The Kier molecular flexibility index (Phi) is 7.35. The second-order valence-corrected chi connectivity index (χ2v) is 9.70. The molecular weight excluding hydrogens is 466 g/mol. The first-order valence-electron chi connectivity index (χ1n) is 13.0. The van der Waals surface area contributed by atoms with Gasteiger partial charge in [-0.3, -0.25) is 4.79 Å². The van der Waals surface area contributed by atoms with E-state index in [0.29, 0.717) is 0 Å². The molecule has 1 fully saturated rings. The van der Waals surface area contributed by atoms with Crippen molar-refractivity contribution in [3.05, 3.63) is 72.3 Å². The van der Waals surface area contributed by atoms with Crippen LogP contribution >= 0.6 is 0 Å². The van der Waals surface area contributed by atoms with Gasteiger partial charge in [-0.15, -0.1) is 0 Å². The first kappa shape index (κ1) is 24.7. The van der Waals surface area contributed by atoms with Crippen LogP contribution in [-0.2, 0) is 22.4 Å². The molecule has 0 aliphatic carbocycles. The number of pyridine rings is 1. The molecule has 0 radical (unpaired) electrons. The maximum Gasteiger partial charge on any atom is 0.310 e. The third-order valence-corrected chi connectivity index (χ3v) is 6.57. The van der Waals surface area contributed by atoms with Gasteiger partial charge in [-0.1, -0.05) is 13.0 Å². The van der Waals surface area contributed by atoms with Crippen molar-refractivity contribution < 1.29 is 14.3 Å². The van der Waals surface area contributed by atoms with E-state index >= 15 is 0 Å². The number of anilines is 1. The van der Waals surface area contributed by atoms with Crippen LogP contribution in [0.15, 0.2) is 61.2 Å². The van der Waals surface area contributed by atoms with Gasteiger partial charge in [0.1, 0.15) is 17.7 Å². The number of fused-ring (bicyclic) bond motifs is 1. The van der Waals surface area contributed by atoms with Crippen LogP contribution in [0.5, 0.6) is 5.75 Å². The van der Waals surface area contributed by atoms with Crippen molar-refractivity contribution in [2.45, 2.75) is 58.7 Å². The fraction of sp³-hybridized carbons (Fsp3) is 0.379. The number of aryl methyl sites for hydroxylation is 1. The van der Waals surface area contributed by atoms with E-state index in [1.54, 1.807) is 6.20 Å². The molecule has 0 spiro atoms. The average molecular weight is 500 g/mol. The van der Waals surface area contributed by atoms with Crippen LogP contribution in [0.3, 0.4) is 0 Å². The molecule has 0 amide bonds. The topological polar surface area (TPSA) is 82.4 Å². The molecular formula is C29H33N5O3. The van der Waals surface area contributed by atoms with E-state index in [-0.39, 0.29) is 24.6 Å². The SMILES string of the molecule is CCc1cnc(N2CCC(Oc3ccc(-n4ccc5cc(CC(=O)OC(C)C)ccc54)nc3)CC2)nc1. The minimum Gasteiger partial charge on any atom is -0.489 e. The molecule has 37 heavy (non-hydrogen) atoms. The Balaban J connectivity index is 1.19. The summed E-state index contributed by atoms with van der Waals surface area (Å²) in [6.07, 6.45) is 10.7. The standard InChI is InChI=1S/C29H33N5O3/c1-4-21-17-31-29(32-18-21)33-12-10-24(11-13-33)37-25-6-8-27(30-19-25)34-14-9-23-15-22(5-7-26(23)34)16-28(35)36-20(2)3/h5-9,14-15,17-20,24H,4,10-13,16H2,1-3H3. The number of carbonyl (C=O) groups is 1. The zero-order valence-electron chi connectivity index (χ0n) is 21.6. The van der Waals surface area contributed by atoms with Gasteiger partial charge >= 0.3 is 5.97 Å². The molecule has 1 aliphatic heterocycles.